The first-order chi connectivity index (χ1) is 11.0. The fourth-order valence-corrected chi connectivity index (χ4v) is 3.51. The summed E-state index contributed by atoms with van der Waals surface area (Å²) in [5, 5.41) is 2.85. The molecule has 2 rings (SSSR count). The number of hydrogen-bond acceptors (Lipinski definition) is 2. The van der Waals surface area contributed by atoms with Gasteiger partial charge in [-0.1, -0.05) is 54.1 Å². The zero-order chi connectivity index (χ0) is 16.7. The van der Waals surface area contributed by atoms with Crippen LogP contribution in [0, 0.1) is 13.8 Å². The summed E-state index contributed by atoms with van der Waals surface area (Å²) < 4.78 is 12.1. The third kappa shape index (κ3) is 5.99. The van der Waals surface area contributed by atoms with Gasteiger partial charge in [-0.15, -0.1) is 0 Å². The summed E-state index contributed by atoms with van der Waals surface area (Å²) >= 11 is 0. The van der Waals surface area contributed by atoms with Crippen molar-refractivity contribution in [2.75, 3.05) is 12.3 Å². The molecule has 0 bridgehead atoms. The van der Waals surface area contributed by atoms with Crippen molar-refractivity contribution < 1.29 is 9.00 Å². The average Bonchev–Trinajstić information content (AvgIpc) is 2.49. The topological polar surface area (TPSA) is 46.2 Å². The van der Waals surface area contributed by atoms with Crippen molar-refractivity contribution in [1.29, 1.82) is 0 Å². The van der Waals surface area contributed by atoms with Gasteiger partial charge in [0.05, 0.1) is 0 Å². The number of carbonyl (C=O) groups excluding carboxylic acids is 1. The quantitative estimate of drug-likeness (QED) is 0.849. The van der Waals surface area contributed by atoms with Gasteiger partial charge in [0.2, 0.25) is 5.91 Å². The Bertz CT molecular complexity index is 697. The molecular formula is C19H23NO2S. The third-order valence-corrected chi connectivity index (χ3v) is 4.92. The Morgan fingerprint density at radius 1 is 1.09 bits per heavy atom. The molecule has 0 aliphatic rings. The maximum atomic E-state index is 12.1. The third-order valence-electron chi connectivity index (χ3n) is 3.68. The maximum Gasteiger partial charge on any atom is 0.232 e. The maximum absolute atomic E-state index is 12.1. The van der Waals surface area contributed by atoms with E-state index in [2.05, 4.69) is 24.4 Å². The highest BCUT2D eigenvalue weighted by Gasteiger charge is 2.09. The molecule has 0 fully saturated rings. The van der Waals surface area contributed by atoms with Crippen molar-refractivity contribution in [3.05, 3.63) is 70.8 Å². The Morgan fingerprint density at radius 2 is 1.87 bits per heavy atom. The summed E-state index contributed by atoms with van der Waals surface area (Å²) in [6.45, 7) is 4.64. The lowest BCUT2D eigenvalue weighted by Crippen LogP contribution is -2.30. The number of hydrogen-bond donors (Lipinski definition) is 1. The second kappa shape index (κ2) is 8.63. The molecule has 3 nitrogen and oxygen atoms in total. The van der Waals surface area contributed by atoms with Crippen molar-refractivity contribution in [2.24, 2.45) is 0 Å². The van der Waals surface area contributed by atoms with Gasteiger partial charge in [0.1, 0.15) is 5.75 Å². The van der Waals surface area contributed by atoms with E-state index in [0.29, 0.717) is 12.3 Å². The van der Waals surface area contributed by atoms with E-state index in [9.17, 15) is 9.00 Å². The van der Waals surface area contributed by atoms with Gasteiger partial charge in [-0.2, -0.15) is 0 Å². The van der Waals surface area contributed by atoms with Gasteiger partial charge >= 0.3 is 0 Å². The second-order valence-electron chi connectivity index (χ2n) is 5.74. The van der Waals surface area contributed by atoms with Crippen LogP contribution in [0.4, 0.5) is 0 Å². The van der Waals surface area contributed by atoms with E-state index in [4.69, 9.17) is 0 Å². The minimum atomic E-state index is -1.17. The zero-order valence-electron chi connectivity index (χ0n) is 13.7. The summed E-state index contributed by atoms with van der Waals surface area (Å²) in [5.41, 5.74) is 4.61. The van der Waals surface area contributed by atoms with Gasteiger partial charge in [0.15, 0.2) is 0 Å². The first-order valence-corrected chi connectivity index (χ1v) is 9.25. The van der Waals surface area contributed by atoms with E-state index in [1.807, 2.05) is 43.3 Å². The zero-order valence-corrected chi connectivity index (χ0v) is 14.5. The number of nitrogens with one attached hydrogen (secondary N) is 1. The molecule has 0 saturated carbocycles. The monoisotopic (exact) mass is 329 g/mol. The summed E-state index contributed by atoms with van der Waals surface area (Å²) in [7, 11) is -1.17. The van der Waals surface area contributed by atoms with E-state index in [1.165, 1.54) is 11.1 Å². The molecule has 0 aliphatic carbocycles. The normalized spacial score (nSPS) is 11.9. The van der Waals surface area contributed by atoms with Crippen molar-refractivity contribution in [1.82, 2.24) is 5.32 Å². The molecule has 0 aromatic heterocycles. The van der Waals surface area contributed by atoms with Crippen molar-refractivity contribution in [2.45, 2.75) is 26.0 Å². The lowest BCUT2D eigenvalue weighted by atomic mass is 10.1. The molecule has 0 radical (unpaired) electrons. The fourth-order valence-electron chi connectivity index (χ4n) is 2.46. The van der Waals surface area contributed by atoms with E-state index < -0.39 is 10.8 Å². The van der Waals surface area contributed by atoms with Crippen LogP contribution in [-0.4, -0.2) is 22.4 Å². The highest BCUT2D eigenvalue weighted by Crippen LogP contribution is 2.08. The molecule has 1 unspecified atom stereocenters. The van der Waals surface area contributed by atoms with Gasteiger partial charge in [-0.3, -0.25) is 9.00 Å². The highest BCUT2D eigenvalue weighted by atomic mass is 32.2. The Balaban J connectivity index is 1.74. The van der Waals surface area contributed by atoms with E-state index >= 15 is 0 Å². The largest absolute Gasteiger partial charge is 0.355 e. The Morgan fingerprint density at radius 3 is 2.61 bits per heavy atom. The minimum Gasteiger partial charge on any atom is -0.355 e. The second-order valence-corrected chi connectivity index (χ2v) is 7.20. The molecule has 1 amide bonds. The molecule has 122 valence electrons. The first kappa shape index (κ1) is 17.4. The van der Waals surface area contributed by atoms with Crippen LogP contribution in [0.1, 0.15) is 22.3 Å². The molecule has 1 atom stereocenters. The number of rotatable bonds is 7. The van der Waals surface area contributed by atoms with Crippen molar-refractivity contribution in [3.8, 4) is 0 Å². The smallest absolute Gasteiger partial charge is 0.232 e. The first-order valence-electron chi connectivity index (χ1n) is 7.76. The molecule has 1 N–H and O–H groups in total. The van der Waals surface area contributed by atoms with Crippen LogP contribution in [-0.2, 0) is 27.8 Å². The Kier molecular flexibility index (Phi) is 6.53. The van der Waals surface area contributed by atoms with E-state index in [1.54, 1.807) is 0 Å². The Labute approximate surface area is 140 Å². The lowest BCUT2D eigenvalue weighted by Gasteiger charge is -2.08. The molecule has 0 saturated heterocycles. The number of benzene rings is 2. The van der Waals surface area contributed by atoms with Crippen LogP contribution in [0.3, 0.4) is 0 Å². The van der Waals surface area contributed by atoms with Crippen LogP contribution >= 0.6 is 0 Å². The summed E-state index contributed by atoms with van der Waals surface area (Å²) in [5.74, 6) is 0.332. The molecule has 0 heterocycles. The summed E-state index contributed by atoms with van der Waals surface area (Å²) in [6.07, 6.45) is 0.795. The number of amides is 1. The lowest BCUT2D eigenvalue weighted by molar-refractivity contribution is -0.118. The van der Waals surface area contributed by atoms with Gasteiger partial charge in [0, 0.05) is 23.1 Å². The molecule has 0 spiro atoms. The predicted molar refractivity (Wildman–Crippen MR) is 95.8 cm³/mol. The summed E-state index contributed by atoms with van der Waals surface area (Å²) in [6, 6.07) is 16.0. The molecule has 2 aromatic rings. The van der Waals surface area contributed by atoms with Gasteiger partial charge in [0.25, 0.3) is 0 Å². The molecule has 23 heavy (non-hydrogen) atoms. The standard InChI is InChI=1S/C19H23NO2S/c1-15-6-5-8-17(12-15)13-23(22)14-19(21)20-11-10-18-9-4-3-7-16(18)2/h3-9,12H,10-11,13-14H2,1-2H3,(H,20,21). The highest BCUT2D eigenvalue weighted by molar-refractivity contribution is 7.84. The summed E-state index contributed by atoms with van der Waals surface area (Å²) in [4.78, 5) is 11.9. The average molecular weight is 329 g/mol. The van der Waals surface area contributed by atoms with Crippen LogP contribution < -0.4 is 5.32 Å². The van der Waals surface area contributed by atoms with Crippen LogP contribution in [0.25, 0.3) is 0 Å². The predicted octanol–water partition coefficient (Wildman–Crippen LogP) is 2.91. The number of aryl methyl sites for hydroxylation is 2. The Hall–Kier alpha value is -1.94. The van der Waals surface area contributed by atoms with E-state index in [-0.39, 0.29) is 11.7 Å². The molecule has 2 aromatic carbocycles. The molecule has 0 aliphatic heterocycles. The van der Waals surface area contributed by atoms with Crippen molar-refractivity contribution >= 4 is 16.7 Å². The number of carbonyl (C=O) groups is 1. The van der Waals surface area contributed by atoms with Crippen LogP contribution in [0.2, 0.25) is 0 Å². The molecular weight excluding hydrogens is 306 g/mol. The van der Waals surface area contributed by atoms with E-state index in [0.717, 1.165) is 17.5 Å². The van der Waals surface area contributed by atoms with Gasteiger partial charge < -0.3 is 5.32 Å². The minimum absolute atomic E-state index is 0.0573. The van der Waals surface area contributed by atoms with Crippen LogP contribution in [0.15, 0.2) is 48.5 Å². The van der Waals surface area contributed by atoms with Gasteiger partial charge in [-0.25, -0.2) is 0 Å². The van der Waals surface area contributed by atoms with Crippen LogP contribution in [0.5, 0.6) is 0 Å². The van der Waals surface area contributed by atoms with Gasteiger partial charge in [-0.05, 0) is 37.0 Å². The fraction of sp³-hybridized carbons (Fsp3) is 0.316. The SMILES string of the molecule is Cc1cccc(CS(=O)CC(=O)NCCc2ccccc2C)c1. The molecule has 4 heteroatoms. The van der Waals surface area contributed by atoms with Crippen molar-refractivity contribution in [3.63, 3.8) is 0 Å².